The molecular formula is C15H24ClN3. The zero-order chi connectivity index (χ0) is 13.4. The molecule has 0 radical (unpaired) electrons. The second kappa shape index (κ2) is 5.35. The molecule has 0 amide bonds. The van der Waals surface area contributed by atoms with E-state index in [9.17, 15) is 0 Å². The van der Waals surface area contributed by atoms with E-state index in [0.29, 0.717) is 5.88 Å². The van der Waals surface area contributed by atoms with Crippen LogP contribution in [0, 0.1) is 12.8 Å². The fourth-order valence-electron chi connectivity index (χ4n) is 4.09. The first-order valence-corrected chi connectivity index (χ1v) is 8.11. The summed E-state index contributed by atoms with van der Waals surface area (Å²) >= 11 is 6.17. The maximum Gasteiger partial charge on any atom is 0.131 e. The molecular weight excluding hydrogens is 258 g/mol. The number of aromatic nitrogens is 2. The molecule has 106 valence electrons. The van der Waals surface area contributed by atoms with Gasteiger partial charge in [0.2, 0.25) is 0 Å². The van der Waals surface area contributed by atoms with E-state index >= 15 is 0 Å². The van der Waals surface area contributed by atoms with Crippen molar-refractivity contribution in [3.05, 3.63) is 11.3 Å². The number of piperidine rings is 1. The van der Waals surface area contributed by atoms with Gasteiger partial charge < -0.3 is 4.90 Å². The van der Waals surface area contributed by atoms with Crippen molar-refractivity contribution >= 4 is 17.4 Å². The normalized spacial score (nSPS) is 27.4. The van der Waals surface area contributed by atoms with Crippen molar-refractivity contribution < 1.29 is 0 Å². The van der Waals surface area contributed by atoms with Gasteiger partial charge in [0, 0.05) is 25.2 Å². The van der Waals surface area contributed by atoms with Crippen LogP contribution in [0.3, 0.4) is 0 Å². The van der Waals surface area contributed by atoms with Crippen molar-refractivity contribution in [2.75, 3.05) is 11.4 Å². The summed E-state index contributed by atoms with van der Waals surface area (Å²) in [6.45, 7) is 3.24. The predicted molar refractivity (Wildman–Crippen MR) is 79.8 cm³/mol. The van der Waals surface area contributed by atoms with Gasteiger partial charge >= 0.3 is 0 Å². The summed E-state index contributed by atoms with van der Waals surface area (Å²) in [5.41, 5.74) is 2.32. The van der Waals surface area contributed by atoms with Gasteiger partial charge in [0.15, 0.2) is 0 Å². The van der Waals surface area contributed by atoms with E-state index in [-0.39, 0.29) is 0 Å². The zero-order valence-electron chi connectivity index (χ0n) is 12.0. The Balaban J connectivity index is 1.96. The Bertz CT molecular complexity index is 452. The first-order valence-electron chi connectivity index (χ1n) is 7.57. The fourth-order valence-corrected chi connectivity index (χ4v) is 4.41. The summed E-state index contributed by atoms with van der Waals surface area (Å²) in [6, 6.07) is 0.722. The number of anilines is 1. The third-order valence-corrected chi connectivity index (χ3v) is 5.23. The van der Waals surface area contributed by atoms with Crippen molar-refractivity contribution in [1.82, 2.24) is 9.78 Å². The Morgan fingerprint density at radius 3 is 2.74 bits per heavy atom. The number of hydrogen-bond donors (Lipinski definition) is 0. The van der Waals surface area contributed by atoms with E-state index in [0.717, 1.165) is 17.7 Å². The van der Waals surface area contributed by atoms with Crippen molar-refractivity contribution in [3.63, 3.8) is 0 Å². The van der Waals surface area contributed by atoms with Crippen LogP contribution >= 0.6 is 11.6 Å². The number of alkyl halides is 1. The van der Waals surface area contributed by atoms with Gasteiger partial charge in [-0.05, 0) is 38.5 Å². The zero-order valence-corrected chi connectivity index (χ0v) is 12.8. The minimum atomic E-state index is 0.572. The van der Waals surface area contributed by atoms with E-state index in [2.05, 4.69) is 24.0 Å². The fraction of sp³-hybridized carbons (Fsp3) is 0.800. The number of aryl methyl sites for hydroxylation is 2. The third-order valence-electron chi connectivity index (χ3n) is 4.96. The van der Waals surface area contributed by atoms with Crippen molar-refractivity contribution in [1.29, 1.82) is 0 Å². The summed E-state index contributed by atoms with van der Waals surface area (Å²) in [7, 11) is 2.06. The van der Waals surface area contributed by atoms with Crippen LogP contribution < -0.4 is 4.90 Å². The van der Waals surface area contributed by atoms with Crippen molar-refractivity contribution in [2.24, 2.45) is 13.0 Å². The van der Waals surface area contributed by atoms with Crippen LogP contribution in [0.15, 0.2) is 0 Å². The summed E-state index contributed by atoms with van der Waals surface area (Å²) in [5, 5.41) is 4.59. The first-order chi connectivity index (χ1) is 9.22. The molecule has 19 heavy (non-hydrogen) atoms. The highest BCUT2D eigenvalue weighted by atomic mass is 35.5. The van der Waals surface area contributed by atoms with Gasteiger partial charge in [-0.2, -0.15) is 5.10 Å². The maximum absolute atomic E-state index is 6.17. The number of halogens is 1. The highest BCUT2D eigenvalue weighted by Gasteiger charge is 2.35. The van der Waals surface area contributed by atoms with Crippen LogP contribution in [-0.4, -0.2) is 22.4 Å². The van der Waals surface area contributed by atoms with Crippen LogP contribution in [0.4, 0.5) is 5.82 Å². The number of nitrogens with zero attached hydrogens (tertiary/aromatic N) is 3. The Morgan fingerprint density at radius 1 is 1.21 bits per heavy atom. The molecule has 0 aromatic carbocycles. The van der Waals surface area contributed by atoms with Crippen LogP contribution in [0.1, 0.15) is 49.8 Å². The summed E-state index contributed by atoms with van der Waals surface area (Å²) in [4.78, 5) is 2.62. The molecule has 4 heteroatoms. The van der Waals surface area contributed by atoms with Crippen LogP contribution in [0.2, 0.25) is 0 Å². The maximum atomic E-state index is 6.17. The molecule has 0 spiro atoms. The summed E-state index contributed by atoms with van der Waals surface area (Å²) < 4.78 is 2.05. The van der Waals surface area contributed by atoms with E-state index in [1.165, 1.54) is 56.5 Å². The lowest BCUT2D eigenvalue weighted by atomic mass is 9.78. The lowest BCUT2D eigenvalue weighted by Gasteiger charge is -2.45. The molecule has 1 saturated heterocycles. The van der Waals surface area contributed by atoms with E-state index < -0.39 is 0 Å². The average molecular weight is 282 g/mol. The Labute approximate surface area is 120 Å². The van der Waals surface area contributed by atoms with Gasteiger partial charge in [0.25, 0.3) is 0 Å². The number of fused-ring (bicyclic) bond motifs is 1. The van der Waals surface area contributed by atoms with Crippen molar-refractivity contribution in [2.45, 2.75) is 57.4 Å². The van der Waals surface area contributed by atoms with Crippen LogP contribution in [0.5, 0.6) is 0 Å². The lowest BCUT2D eigenvalue weighted by Crippen LogP contribution is -2.48. The predicted octanol–water partition coefficient (Wildman–Crippen LogP) is 3.63. The van der Waals surface area contributed by atoms with Gasteiger partial charge in [-0.3, -0.25) is 4.68 Å². The molecule has 2 heterocycles. The van der Waals surface area contributed by atoms with E-state index in [1.54, 1.807) is 0 Å². The second-order valence-corrected chi connectivity index (χ2v) is 6.36. The first kappa shape index (κ1) is 13.3. The molecule has 3 rings (SSSR count). The smallest absolute Gasteiger partial charge is 0.131 e. The van der Waals surface area contributed by atoms with Gasteiger partial charge in [-0.25, -0.2) is 0 Å². The van der Waals surface area contributed by atoms with E-state index in [1.807, 2.05) is 4.68 Å². The van der Waals surface area contributed by atoms with E-state index in [4.69, 9.17) is 11.6 Å². The summed E-state index contributed by atoms with van der Waals surface area (Å²) in [6.07, 6.45) is 8.28. The molecule has 0 bridgehead atoms. The molecule has 1 aromatic rings. The minimum absolute atomic E-state index is 0.572. The monoisotopic (exact) mass is 281 g/mol. The van der Waals surface area contributed by atoms with Gasteiger partial charge in [-0.15, -0.1) is 11.6 Å². The number of rotatable bonds is 2. The lowest BCUT2D eigenvalue weighted by molar-refractivity contribution is 0.241. The quantitative estimate of drug-likeness (QED) is 0.772. The standard InChI is InChI=1S/C15H24ClN3/c1-11-13(10-16)15(18(2)17-11)19-9-5-7-12-6-3-4-8-14(12)19/h12,14H,3-10H2,1-2H3/t12-,14-/m1/s1. The third kappa shape index (κ3) is 2.26. The van der Waals surface area contributed by atoms with Crippen LogP contribution in [-0.2, 0) is 12.9 Å². The molecule has 2 fully saturated rings. The summed E-state index contributed by atoms with van der Waals surface area (Å²) in [5.74, 6) is 2.74. The van der Waals surface area contributed by atoms with Crippen molar-refractivity contribution in [3.8, 4) is 0 Å². The highest BCUT2D eigenvalue weighted by molar-refractivity contribution is 6.17. The Hall–Kier alpha value is -0.700. The Kier molecular flexibility index (Phi) is 3.75. The SMILES string of the molecule is Cc1nn(C)c(N2CCC[C@H]3CCCC[C@H]32)c1CCl. The molecule has 3 nitrogen and oxygen atoms in total. The molecule has 2 atom stereocenters. The minimum Gasteiger partial charge on any atom is -0.353 e. The van der Waals surface area contributed by atoms with Gasteiger partial charge in [0.05, 0.1) is 11.6 Å². The van der Waals surface area contributed by atoms with Crippen LogP contribution in [0.25, 0.3) is 0 Å². The molecule has 1 aliphatic heterocycles. The number of hydrogen-bond acceptors (Lipinski definition) is 2. The highest BCUT2D eigenvalue weighted by Crippen LogP contribution is 2.39. The largest absolute Gasteiger partial charge is 0.353 e. The Morgan fingerprint density at radius 2 is 1.95 bits per heavy atom. The topological polar surface area (TPSA) is 21.1 Å². The molecule has 2 aliphatic rings. The molecule has 0 N–H and O–H groups in total. The molecule has 1 aliphatic carbocycles. The molecule has 1 saturated carbocycles. The van der Waals surface area contributed by atoms with Gasteiger partial charge in [-0.1, -0.05) is 12.8 Å². The molecule has 0 unspecified atom stereocenters. The van der Waals surface area contributed by atoms with Gasteiger partial charge in [0.1, 0.15) is 5.82 Å². The second-order valence-electron chi connectivity index (χ2n) is 6.09. The molecule has 1 aromatic heterocycles. The average Bonchev–Trinajstić information content (AvgIpc) is 2.72.